The van der Waals surface area contributed by atoms with E-state index in [1.165, 1.54) is 4.90 Å². The van der Waals surface area contributed by atoms with Gasteiger partial charge in [-0.1, -0.05) is 43.2 Å². The number of rotatable bonds is 4. The van der Waals surface area contributed by atoms with Gasteiger partial charge in [0, 0.05) is 6.54 Å². The van der Waals surface area contributed by atoms with Crippen molar-refractivity contribution in [2.45, 2.75) is 38.3 Å². The molecule has 2 rings (SSSR count). The highest BCUT2D eigenvalue weighted by Crippen LogP contribution is 2.17. The van der Waals surface area contributed by atoms with Crippen LogP contribution in [-0.4, -0.2) is 34.6 Å². The molecule has 2 N–H and O–H groups in total. The number of carboxylic acid groups (broad SMARTS) is 1. The van der Waals surface area contributed by atoms with Crippen LogP contribution in [0.15, 0.2) is 30.3 Å². The molecule has 0 saturated carbocycles. The lowest BCUT2D eigenvalue weighted by atomic mass is 10.1. The van der Waals surface area contributed by atoms with Gasteiger partial charge in [-0.05, 0) is 18.4 Å². The van der Waals surface area contributed by atoms with Crippen molar-refractivity contribution in [3.63, 3.8) is 0 Å². The summed E-state index contributed by atoms with van der Waals surface area (Å²) in [5.41, 5.74) is 3.27. The Balaban J connectivity index is 1.87. The van der Waals surface area contributed by atoms with Crippen molar-refractivity contribution in [2.24, 2.45) is 0 Å². The Hall–Kier alpha value is -2.08. The first kappa shape index (κ1) is 15.3. The zero-order chi connectivity index (χ0) is 15.1. The molecule has 6 nitrogen and oxygen atoms in total. The minimum atomic E-state index is -0.963. The number of carboxylic acids is 1. The standard InChI is InChI=1S/C15H20N2O4/c18-14(19)13-9-5-2-6-10-17(13)15(20)16-21-11-12-7-3-1-4-8-12/h1,3-4,7-8,13H,2,5-6,9-11H2,(H,16,20)(H,18,19)/t13-/m0/s1. The number of benzene rings is 1. The molecule has 1 aromatic carbocycles. The van der Waals surface area contributed by atoms with Gasteiger partial charge in [-0.15, -0.1) is 0 Å². The van der Waals surface area contributed by atoms with Crippen LogP contribution >= 0.6 is 0 Å². The summed E-state index contributed by atoms with van der Waals surface area (Å²) in [6.07, 6.45) is 3.07. The van der Waals surface area contributed by atoms with Crippen LogP contribution in [0.2, 0.25) is 0 Å². The first-order valence-corrected chi connectivity index (χ1v) is 7.13. The molecule has 1 heterocycles. The summed E-state index contributed by atoms with van der Waals surface area (Å²) < 4.78 is 0. The molecular weight excluding hydrogens is 272 g/mol. The number of aliphatic carboxylic acids is 1. The van der Waals surface area contributed by atoms with E-state index in [0.717, 1.165) is 24.8 Å². The Morgan fingerprint density at radius 1 is 1.24 bits per heavy atom. The van der Waals surface area contributed by atoms with E-state index in [1.54, 1.807) is 0 Å². The Morgan fingerprint density at radius 3 is 2.71 bits per heavy atom. The van der Waals surface area contributed by atoms with Gasteiger partial charge in [0.1, 0.15) is 6.04 Å². The topological polar surface area (TPSA) is 78.9 Å². The van der Waals surface area contributed by atoms with Gasteiger partial charge in [-0.3, -0.25) is 4.84 Å². The lowest BCUT2D eigenvalue weighted by Crippen LogP contribution is -2.49. The molecule has 0 unspecified atom stereocenters. The lowest BCUT2D eigenvalue weighted by molar-refractivity contribution is -0.142. The van der Waals surface area contributed by atoms with Gasteiger partial charge < -0.3 is 10.0 Å². The fourth-order valence-corrected chi connectivity index (χ4v) is 2.42. The van der Waals surface area contributed by atoms with Gasteiger partial charge in [0.05, 0.1) is 6.61 Å². The monoisotopic (exact) mass is 292 g/mol. The van der Waals surface area contributed by atoms with Crippen LogP contribution in [0, 0.1) is 0 Å². The normalized spacial score (nSPS) is 18.9. The predicted octanol–water partition coefficient (Wildman–Crippen LogP) is 2.16. The largest absolute Gasteiger partial charge is 0.480 e. The number of nitrogens with zero attached hydrogens (tertiary/aromatic N) is 1. The summed E-state index contributed by atoms with van der Waals surface area (Å²) in [4.78, 5) is 29.9. The van der Waals surface area contributed by atoms with E-state index in [0.29, 0.717) is 13.0 Å². The van der Waals surface area contributed by atoms with E-state index in [2.05, 4.69) is 5.48 Å². The smallest absolute Gasteiger partial charge is 0.342 e. The Bertz CT molecular complexity index is 478. The van der Waals surface area contributed by atoms with E-state index in [4.69, 9.17) is 4.84 Å². The highest BCUT2D eigenvalue weighted by Gasteiger charge is 2.30. The molecule has 0 aliphatic carbocycles. The molecular formula is C15H20N2O4. The third kappa shape index (κ3) is 4.46. The molecule has 1 atom stereocenters. The molecule has 0 aromatic heterocycles. The summed E-state index contributed by atoms with van der Waals surface area (Å²) in [6, 6.07) is 8.19. The number of hydroxylamine groups is 1. The second-order valence-electron chi connectivity index (χ2n) is 5.08. The summed E-state index contributed by atoms with van der Waals surface area (Å²) in [6.45, 7) is 0.690. The van der Waals surface area contributed by atoms with Crippen molar-refractivity contribution in [1.29, 1.82) is 0 Å². The van der Waals surface area contributed by atoms with E-state index >= 15 is 0 Å². The van der Waals surface area contributed by atoms with Gasteiger partial charge in [-0.25, -0.2) is 15.1 Å². The number of hydrogen-bond acceptors (Lipinski definition) is 3. The minimum absolute atomic E-state index is 0.248. The van der Waals surface area contributed by atoms with Gasteiger partial charge >= 0.3 is 12.0 Å². The minimum Gasteiger partial charge on any atom is -0.480 e. The molecule has 1 aliphatic rings. The van der Waals surface area contributed by atoms with Crippen LogP contribution in [0.1, 0.15) is 31.2 Å². The maximum Gasteiger partial charge on any atom is 0.342 e. The average Bonchev–Trinajstić information content (AvgIpc) is 2.74. The summed E-state index contributed by atoms with van der Waals surface area (Å²) in [7, 11) is 0. The number of carbonyl (C=O) groups is 2. The molecule has 2 amide bonds. The van der Waals surface area contributed by atoms with Crippen LogP contribution in [0.4, 0.5) is 4.79 Å². The van der Waals surface area contributed by atoms with Crippen molar-refractivity contribution < 1.29 is 19.5 Å². The molecule has 0 radical (unpaired) electrons. The van der Waals surface area contributed by atoms with Gasteiger partial charge in [0.25, 0.3) is 0 Å². The first-order chi connectivity index (χ1) is 10.2. The van der Waals surface area contributed by atoms with Crippen LogP contribution in [0.25, 0.3) is 0 Å². The van der Waals surface area contributed by atoms with Crippen molar-refractivity contribution >= 4 is 12.0 Å². The zero-order valence-corrected chi connectivity index (χ0v) is 11.8. The molecule has 114 valence electrons. The molecule has 1 aromatic rings. The van der Waals surface area contributed by atoms with Gasteiger partial charge in [0.15, 0.2) is 0 Å². The number of hydrogen-bond donors (Lipinski definition) is 2. The van der Waals surface area contributed by atoms with E-state index in [9.17, 15) is 14.7 Å². The fraction of sp³-hybridized carbons (Fsp3) is 0.467. The number of urea groups is 1. The molecule has 1 saturated heterocycles. The Kier molecular flexibility index (Phi) is 5.57. The Morgan fingerprint density at radius 2 is 2.00 bits per heavy atom. The fourth-order valence-electron chi connectivity index (χ4n) is 2.42. The lowest BCUT2D eigenvalue weighted by Gasteiger charge is -2.26. The second kappa shape index (κ2) is 7.64. The molecule has 1 aliphatic heterocycles. The highest BCUT2D eigenvalue weighted by atomic mass is 16.7. The van der Waals surface area contributed by atoms with Crippen molar-refractivity contribution in [3.05, 3.63) is 35.9 Å². The van der Waals surface area contributed by atoms with Crippen molar-refractivity contribution in [3.8, 4) is 0 Å². The van der Waals surface area contributed by atoms with Crippen molar-refractivity contribution in [2.75, 3.05) is 6.54 Å². The Labute approximate surface area is 123 Å². The second-order valence-corrected chi connectivity index (χ2v) is 5.08. The number of amides is 2. The average molecular weight is 292 g/mol. The maximum absolute atomic E-state index is 12.1. The number of likely N-dealkylation sites (tertiary alicyclic amines) is 1. The van der Waals surface area contributed by atoms with Gasteiger partial charge in [0.2, 0.25) is 0 Å². The number of carbonyl (C=O) groups excluding carboxylic acids is 1. The predicted molar refractivity (Wildman–Crippen MR) is 76.4 cm³/mol. The SMILES string of the molecule is O=C(O)[C@@H]1CCCCCN1C(=O)NOCc1ccccc1. The summed E-state index contributed by atoms with van der Waals surface area (Å²) >= 11 is 0. The molecule has 21 heavy (non-hydrogen) atoms. The van der Waals surface area contributed by atoms with Crippen LogP contribution < -0.4 is 5.48 Å². The van der Waals surface area contributed by atoms with Crippen LogP contribution in [0.3, 0.4) is 0 Å². The third-order valence-corrected chi connectivity index (χ3v) is 3.54. The summed E-state index contributed by atoms with van der Waals surface area (Å²) in [5.74, 6) is -0.963. The van der Waals surface area contributed by atoms with E-state index in [1.807, 2.05) is 30.3 Å². The quantitative estimate of drug-likeness (QED) is 0.833. The molecule has 1 fully saturated rings. The summed E-state index contributed by atoms with van der Waals surface area (Å²) in [5, 5.41) is 9.22. The molecule has 0 spiro atoms. The highest BCUT2D eigenvalue weighted by molar-refractivity contribution is 5.82. The van der Waals surface area contributed by atoms with E-state index < -0.39 is 18.0 Å². The zero-order valence-electron chi connectivity index (χ0n) is 11.8. The van der Waals surface area contributed by atoms with E-state index in [-0.39, 0.29) is 6.61 Å². The van der Waals surface area contributed by atoms with Crippen LogP contribution in [0.5, 0.6) is 0 Å². The van der Waals surface area contributed by atoms with Crippen LogP contribution in [-0.2, 0) is 16.2 Å². The van der Waals surface area contributed by atoms with Gasteiger partial charge in [-0.2, -0.15) is 0 Å². The number of nitrogens with one attached hydrogen (secondary N) is 1. The third-order valence-electron chi connectivity index (χ3n) is 3.54. The maximum atomic E-state index is 12.1. The molecule has 0 bridgehead atoms. The van der Waals surface area contributed by atoms with Crippen molar-refractivity contribution in [1.82, 2.24) is 10.4 Å². The first-order valence-electron chi connectivity index (χ1n) is 7.13. The molecule has 6 heteroatoms.